The van der Waals surface area contributed by atoms with Crippen LogP contribution >= 0.6 is 0 Å². The van der Waals surface area contributed by atoms with Crippen molar-refractivity contribution in [3.05, 3.63) is 71.8 Å². The molecule has 5 heteroatoms. The Balaban J connectivity index is 2.18. The summed E-state index contributed by atoms with van der Waals surface area (Å²) in [5.74, 6) is -0.717. The monoisotopic (exact) mass is 335 g/mol. The van der Waals surface area contributed by atoms with E-state index in [4.69, 9.17) is 5.26 Å². The molecule has 0 bridgehead atoms. The minimum absolute atomic E-state index is 0.327. The van der Waals surface area contributed by atoms with Crippen LogP contribution in [-0.4, -0.2) is 23.4 Å². The van der Waals surface area contributed by atoms with Gasteiger partial charge in [-0.1, -0.05) is 48.5 Å². The van der Waals surface area contributed by atoms with Crippen LogP contribution in [0.25, 0.3) is 0 Å². The van der Waals surface area contributed by atoms with Crippen LogP contribution in [0.4, 0.5) is 0 Å². The van der Waals surface area contributed by atoms with Crippen molar-refractivity contribution in [3.63, 3.8) is 0 Å². The molecule has 0 aliphatic carbocycles. The topological polar surface area (TPSA) is 82.0 Å². The first kappa shape index (κ1) is 18.2. The van der Waals surface area contributed by atoms with E-state index in [2.05, 4.69) is 10.6 Å². The van der Waals surface area contributed by atoms with Crippen LogP contribution < -0.4 is 10.6 Å². The van der Waals surface area contributed by atoms with Crippen LogP contribution in [0.2, 0.25) is 0 Å². The number of benzene rings is 2. The van der Waals surface area contributed by atoms with Crippen molar-refractivity contribution in [2.45, 2.75) is 31.8 Å². The zero-order valence-corrected chi connectivity index (χ0v) is 14.3. The Hall–Kier alpha value is -3.13. The van der Waals surface area contributed by atoms with Crippen molar-refractivity contribution in [1.82, 2.24) is 10.6 Å². The van der Waals surface area contributed by atoms with Gasteiger partial charge in [0.05, 0.1) is 6.07 Å². The molecule has 0 aliphatic heterocycles. The number of nitrogens with zero attached hydrogens (tertiary/aromatic N) is 1. The van der Waals surface area contributed by atoms with E-state index in [1.807, 2.05) is 42.5 Å². The summed E-state index contributed by atoms with van der Waals surface area (Å²) in [6.45, 7) is 3.23. The van der Waals surface area contributed by atoms with Gasteiger partial charge in [-0.25, -0.2) is 0 Å². The fourth-order valence-electron chi connectivity index (χ4n) is 2.31. The van der Waals surface area contributed by atoms with Crippen LogP contribution in [0.1, 0.15) is 29.8 Å². The van der Waals surface area contributed by atoms with E-state index < -0.39 is 11.6 Å². The van der Waals surface area contributed by atoms with E-state index in [0.29, 0.717) is 12.0 Å². The maximum Gasteiger partial charge on any atom is 0.251 e. The molecule has 0 radical (unpaired) electrons. The second kappa shape index (κ2) is 8.11. The number of hydrogen-bond donors (Lipinski definition) is 2. The maximum absolute atomic E-state index is 12.6. The normalized spacial score (nSPS) is 11.9. The zero-order chi connectivity index (χ0) is 18.3. The lowest BCUT2D eigenvalue weighted by atomic mass is 10.0. The van der Waals surface area contributed by atoms with E-state index in [1.54, 1.807) is 38.1 Å². The van der Waals surface area contributed by atoms with E-state index >= 15 is 0 Å². The SMILES string of the molecule is CC(C)(C#N)NC(=O)[C@H](Cc1ccccc1)NC(=O)c1ccccc1. The molecule has 1 atom stereocenters. The van der Waals surface area contributed by atoms with Crippen LogP contribution in [0.5, 0.6) is 0 Å². The van der Waals surface area contributed by atoms with Crippen LogP contribution in [0.3, 0.4) is 0 Å². The number of carbonyl (C=O) groups is 2. The van der Waals surface area contributed by atoms with Gasteiger partial charge in [0, 0.05) is 12.0 Å². The van der Waals surface area contributed by atoms with E-state index in [9.17, 15) is 9.59 Å². The smallest absolute Gasteiger partial charge is 0.251 e. The first-order chi connectivity index (χ1) is 11.9. The van der Waals surface area contributed by atoms with Crippen LogP contribution in [0, 0.1) is 11.3 Å². The van der Waals surface area contributed by atoms with Gasteiger partial charge in [0.25, 0.3) is 5.91 Å². The highest BCUT2D eigenvalue weighted by atomic mass is 16.2. The number of amides is 2. The third kappa shape index (κ3) is 5.47. The van der Waals surface area contributed by atoms with Gasteiger partial charge in [0.1, 0.15) is 11.6 Å². The van der Waals surface area contributed by atoms with Gasteiger partial charge in [0.2, 0.25) is 5.91 Å². The van der Waals surface area contributed by atoms with Crippen molar-refractivity contribution < 1.29 is 9.59 Å². The Kier molecular flexibility index (Phi) is 5.91. The summed E-state index contributed by atoms with van der Waals surface area (Å²) in [6.07, 6.45) is 0.340. The Morgan fingerprint density at radius 2 is 1.60 bits per heavy atom. The molecule has 5 nitrogen and oxygen atoms in total. The minimum atomic E-state index is -1.01. The molecule has 128 valence electrons. The fourth-order valence-corrected chi connectivity index (χ4v) is 2.31. The van der Waals surface area contributed by atoms with Gasteiger partial charge in [-0.3, -0.25) is 9.59 Å². The molecule has 0 saturated heterocycles. The molecule has 0 spiro atoms. The average Bonchev–Trinajstić information content (AvgIpc) is 2.62. The second-order valence-corrected chi connectivity index (χ2v) is 6.31. The zero-order valence-electron chi connectivity index (χ0n) is 14.3. The highest BCUT2D eigenvalue weighted by molar-refractivity contribution is 5.97. The van der Waals surface area contributed by atoms with Gasteiger partial charge >= 0.3 is 0 Å². The first-order valence-electron chi connectivity index (χ1n) is 8.04. The maximum atomic E-state index is 12.6. The lowest BCUT2D eigenvalue weighted by molar-refractivity contribution is -0.124. The molecular formula is C20H21N3O2. The average molecular weight is 335 g/mol. The van der Waals surface area contributed by atoms with Crippen LogP contribution in [-0.2, 0) is 11.2 Å². The molecule has 2 amide bonds. The largest absolute Gasteiger partial charge is 0.340 e. The summed E-state index contributed by atoms with van der Waals surface area (Å²) in [5, 5.41) is 14.6. The molecule has 0 aromatic heterocycles. The van der Waals surface area contributed by atoms with E-state index in [0.717, 1.165) is 5.56 Å². The first-order valence-corrected chi connectivity index (χ1v) is 8.04. The summed E-state index contributed by atoms with van der Waals surface area (Å²) >= 11 is 0. The summed E-state index contributed by atoms with van der Waals surface area (Å²) in [4.78, 5) is 25.0. The molecule has 0 heterocycles. The number of carbonyl (C=O) groups excluding carboxylic acids is 2. The van der Waals surface area contributed by atoms with Crippen molar-refractivity contribution in [2.24, 2.45) is 0 Å². The van der Waals surface area contributed by atoms with Crippen molar-refractivity contribution >= 4 is 11.8 Å². The van der Waals surface area contributed by atoms with Crippen molar-refractivity contribution in [1.29, 1.82) is 5.26 Å². The minimum Gasteiger partial charge on any atom is -0.340 e. The Bertz CT molecular complexity index is 765. The Morgan fingerprint density at radius 1 is 1.04 bits per heavy atom. The highest BCUT2D eigenvalue weighted by Crippen LogP contribution is 2.08. The molecule has 2 aromatic rings. The number of hydrogen-bond acceptors (Lipinski definition) is 3. The van der Waals surface area contributed by atoms with Crippen molar-refractivity contribution in [2.75, 3.05) is 0 Å². The predicted octanol–water partition coefficient (Wildman–Crippen LogP) is 2.45. The van der Waals surface area contributed by atoms with Gasteiger partial charge in [0.15, 0.2) is 0 Å². The number of nitrogens with one attached hydrogen (secondary N) is 2. The quantitative estimate of drug-likeness (QED) is 0.851. The molecule has 25 heavy (non-hydrogen) atoms. The third-order valence-electron chi connectivity index (χ3n) is 3.66. The van der Waals surface area contributed by atoms with Gasteiger partial charge in [-0.15, -0.1) is 0 Å². The standard InChI is InChI=1S/C20H21N3O2/c1-20(2,14-21)23-19(25)17(13-15-9-5-3-6-10-15)22-18(24)16-11-7-4-8-12-16/h3-12,17H,13H2,1-2H3,(H,22,24)(H,23,25)/t17-/m0/s1. The molecule has 2 N–H and O–H groups in total. The van der Waals surface area contributed by atoms with E-state index in [1.165, 1.54) is 0 Å². The molecular weight excluding hydrogens is 314 g/mol. The predicted molar refractivity (Wildman–Crippen MR) is 95.7 cm³/mol. The van der Waals surface area contributed by atoms with Gasteiger partial charge in [-0.2, -0.15) is 5.26 Å². The van der Waals surface area contributed by atoms with Gasteiger partial charge in [-0.05, 0) is 31.5 Å². The number of nitriles is 1. The fraction of sp³-hybridized carbons (Fsp3) is 0.250. The molecule has 0 unspecified atom stereocenters. The summed E-state index contributed by atoms with van der Waals surface area (Å²) in [6, 6.07) is 19.4. The lowest BCUT2D eigenvalue weighted by Crippen LogP contribution is -2.53. The highest BCUT2D eigenvalue weighted by Gasteiger charge is 2.27. The Labute approximate surface area is 147 Å². The lowest BCUT2D eigenvalue weighted by Gasteiger charge is -2.24. The van der Waals surface area contributed by atoms with Crippen molar-refractivity contribution in [3.8, 4) is 6.07 Å². The molecule has 2 rings (SSSR count). The molecule has 0 aliphatic rings. The molecule has 0 saturated carbocycles. The van der Waals surface area contributed by atoms with Crippen LogP contribution in [0.15, 0.2) is 60.7 Å². The Morgan fingerprint density at radius 3 is 2.16 bits per heavy atom. The molecule has 2 aromatic carbocycles. The summed E-state index contributed by atoms with van der Waals surface area (Å²) in [7, 11) is 0. The second-order valence-electron chi connectivity index (χ2n) is 6.31. The summed E-state index contributed by atoms with van der Waals surface area (Å²) in [5.41, 5.74) is 0.391. The van der Waals surface area contributed by atoms with Gasteiger partial charge < -0.3 is 10.6 Å². The number of rotatable bonds is 6. The van der Waals surface area contributed by atoms with E-state index in [-0.39, 0.29) is 11.8 Å². The summed E-state index contributed by atoms with van der Waals surface area (Å²) < 4.78 is 0. The molecule has 0 fully saturated rings. The third-order valence-corrected chi connectivity index (χ3v) is 3.66.